The Hall–Kier alpha value is -1.51. The maximum Gasteiger partial charge on any atom is 0.248 e. The van der Waals surface area contributed by atoms with Gasteiger partial charge < -0.3 is 10.3 Å². The third-order valence-corrected chi connectivity index (χ3v) is 4.27. The summed E-state index contributed by atoms with van der Waals surface area (Å²) in [5, 5.41) is 9.99. The Morgan fingerprint density at radius 3 is 3.00 bits per heavy atom. The summed E-state index contributed by atoms with van der Waals surface area (Å²) in [6, 6.07) is 1.48. The highest BCUT2D eigenvalue weighted by atomic mass is 79.9. The van der Waals surface area contributed by atoms with E-state index in [0.29, 0.717) is 11.7 Å². The first-order chi connectivity index (χ1) is 9.13. The first-order valence-corrected chi connectivity index (χ1v) is 7.13. The lowest BCUT2D eigenvalue weighted by molar-refractivity contribution is 0.367. The molecule has 98 valence electrons. The summed E-state index contributed by atoms with van der Waals surface area (Å²) >= 11 is 4.93. The number of nitrogens with zero attached hydrogens (tertiary/aromatic N) is 4. The van der Waals surface area contributed by atoms with Gasteiger partial charge in [0.1, 0.15) is 6.04 Å². The van der Waals surface area contributed by atoms with Crippen LogP contribution in [0.15, 0.2) is 32.8 Å². The van der Waals surface area contributed by atoms with E-state index in [-0.39, 0.29) is 0 Å². The van der Waals surface area contributed by atoms with Crippen LogP contribution in [0.4, 0.5) is 0 Å². The third-order valence-electron chi connectivity index (χ3n) is 2.58. The third kappa shape index (κ3) is 2.46. The second-order valence-electron chi connectivity index (χ2n) is 4.01. The summed E-state index contributed by atoms with van der Waals surface area (Å²) in [6.07, 6.45) is 3.52. The quantitative estimate of drug-likeness (QED) is 0.791. The molecule has 6 nitrogen and oxygen atoms in total. The summed E-state index contributed by atoms with van der Waals surface area (Å²) in [7, 11) is 1.83. The maximum absolute atomic E-state index is 6.07. The van der Waals surface area contributed by atoms with Gasteiger partial charge in [-0.25, -0.2) is 0 Å². The van der Waals surface area contributed by atoms with Crippen molar-refractivity contribution in [3.8, 4) is 10.7 Å². The van der Waals surface area contributed by atoms with E-state index in [1.54, 1.807) is 10.9 Å². The molecule has 3 aromatic heterocycles. The molecule has 0 amide bonds. The van der Waals surface area contributed by atoms with E-state index in [1.807, 2.05) is 24.7 Å². The van der Waals surface area contributed by atoms with Crippen molar-refractivity contribution in [2.24, 2.45) is 12.8 Å². The van der Waals surface area contributed by atoms with Gasteiger partial charge in [-0.3, -0.25) is 4.68 Å². The van der Waals surface area contributed by atoms with Gasteiger partial charge in [-0.2, -0.15) is 10.1 Å². The molecular formula is C11H10BrN5OS. The Labute approximate surface area is 121 Å². The predicted molar refractivity (Wildman–Crippen MR) is 74.5 cm³/mol. The van der Waals surface area contributed by atoms with Crippen LogP contribution in [-0.2, 0) is 7.05 Å². The fourth-order valence-corrected chi connectivity index (χ4v) is 2.99. The molecule has 0 radical (unpaired) electrons. The second kappa shape index (κ2) is 4.87. The molecule has 0 fully saturated rings. The average molecular weight is 340 g/mol. The Morgan fingerprint density at radius 1 is 1.53 bits per heavy atom. The van der Waals surface area contributed by atoms with Crippen LogP contribution in [0.3, 0.4) is 0 Å². The van der Waals surface area contributed by atoms with Crippen LogP contribution in [0.1, 0.15) is 17.5 Å². The van der Waals surface area contributed by atoms with E-state index < -0.39 is 6.04 Å². The van der Waals surface area contributed by atoms with E-state index in [2.05, 4.69) is 31.2 Å². The van der Waals surface area contributed by atoms with Crippen molar-refractivity contribution in [3.63, 3.8) is 0 Å². The molecule has 2 N–H and O–H groups in total. The molecule has 1 unspecified atom stereocenters. The summed E-state index contributed by atoms with van der Waals surface area (Å²) in [6.45, 7) is 0. The lowest BCUT2D eigenvalue weighted by Gasteiger charge is -2.01. The molecule has 0 aromatic carbocycles. The Bertz CT molecular complexity index is 703. The molecule has 0 aliphatic heterocycles. The van der Waals surface area contributed by atoms with E-state index in [1.165, 1.54) is 11.3 Å². The van der Waals surface area contributed by atoms with Crippen LogP contribution >= 0.6 is 27.3 Å². The molecule has 0 saturated heterocycles. The maximum atomic E-state index is 6.07. The van der Waals surface area contributed by atoms with Crippen molar-refractivity contribution in [1.29, 1.82) is 0 Å². The zero-order valence-electron chi connectivity index (χ0n) is 9.95. The van der Waals surface area contributed by atoms with Crippen molar-refractivity contribution >= 4 is 27.3 Å². The summed E-state index contributed by atoms with van der Waals surface area (Å²) in [5.41, 5.74) is 6.91. The highest BCUT2D eigenvalue weighted by molar-refractivity contribution is 9.10. The number of nitrogens with two attached hydrogens (primary N) is 1. The van der Waals surface area contributed by atoms with Gasteiger partial charge in [-0.1, -0.05) is 5.16 Å². The van der Waals surface area contributed by atoms with E-state index in [9.17, 15) is 0 Å². The zero-order chi connectivity index (χ0) is 13.4. The van der Waals surface area contributed by atoms with Gasteiger partial charge in [0.25, 0.3) is 0 Å². The van der Waals surface area contributed by atoms with Crippen LogP contribution in [0.2, 0.25) is 0 Å². The fraction of sp³-hybridized carbons (Fsp3) is 0.182. The molecule has 1 atom stereocenters. The number of hydrogen-bond donors (Lipinski definition) is 1. The molecule has 3 heterocycles. The molecule has 19 heavy (non-hydrogen) atoms. The zero-order valence-corrected chi connectivity index (χ0v) is 12.3. The van der Waals surface area contributed by atoms with Crippen LogP contribution in [-0.4, -0.2) is 19.9 Å². The van der Waals surface area contributed by atoms with E-state index in [4.69, 9.17) is 10.3 Å². The molecule has 0 aliphatic rings. The summed E-state index contributed by atoms with van der Waals surface area (Å²) in [5.74, 6) is 0.928. The highest BCUT2D eigenvalue weighted by Crippen LogP contribution is 2.29. The van der Waals surface area contributed by atoms with Gasteiger partial charge in [0.2, 0.25) is 11.7 Å². The minimum atomic E-state index is -0.460. The number of halogens is 1. The molecule has 3 rings (SSSR count). The Balaban J connectivity index is 1.89. The SMILES string of the molecule is Cn1cc(C(N)c2nc(-c3cc(Br)cs3)no2)cn1. The molecule has 0 aliphatic carbocycles. The van der Waals surface area contributed by atoms with Crippen molar-refractivity contribution in [2.75, 3.05) is 0 Å². The number of thiophene rings is 1. The number of hydrogen-bond acceptors (Lipinski definition) is 6. The summed E-state index contributed by atoms with van der Waals surface area (Å²) in [4.78, 5) is 5.26. The molecule has 0 spiro atoms. The van der Waals surface area contributed by atoms with Crippen molar-refractivity contribution in [1.82, 2.24) is 19.9 Å². The van der Waals surface area contributed by atoms with E-state index in [0.717, 1.165) is 14.9 Å². The highest BCUT2D eigenvalue weighted by Gasteiger charge is 2.19. The largest absolute Gasteiger partial charge is 0.337 e. The minimum absolute atomic E-state index is 0.382. The van der Waals surface area contributed by atoms with Crippen LogP contribution in [0.25, 0.3) is 10.7 Å². The molecule has 3 aromatic rings. The van der Waals surface area contributed by atoms with Gasteiger partial charge in [0.05, 0.1) is 11.1 Å². The van der Waals surface area contributed by atoms with E-state index >= 15 is 0 Å². The normalized spacial score (nSPS) is 12.8. The molecule has 0 saturated carbocycles. The Morgan fingerprint density at radius 2 is 2.37 bits per heavy atom. The van der Waals surface area contributed by atoms with Crippen LogP contribution in [0, 0.1) is 0 Å². The standard InChI is InChI=1S/C11H10BrN5OS/c1-17-4-6(3-14-17)9(13)11-15-10(16-18-11)8-2-7(12)5-19-8/h2-5,9H,13H2,1H3. The van der Waals surface area contributed by atoms with Gasteiger partial charge >= 0.3 is 0 Å². The average Bonchev–Trinajstić information content (AvgIpc) is 3.07. The molecule has 0 bridgehead atoms. The smallest absolute Gasteiger partial charge is 0.248 e. The first-order valence-electron chi connectivity index (χ1n) is 5.45. The van der Waals surface area contributed by atoms with Crippen LogP contribution in [0.5, 0.6) is 0 Å². The first kappa shape index (κ1) is 12.5. The van der Waals surface area contributed by atoms with Crippen LogP contribution < -0.4 is 5.73 Å². The molecular weight excluding hydrogens is 330 g/mol. The number of aromatic nitrogens is 4. The monoisotopic (exact) mass is 339 g/mol. The topological polar surface area (TPSA) is 82.8 Å². The van der Waals surface area contributed by atoms with Gasteiger partial charge in [-0.15, -0.1) is 11.3 Å². The fourth-order valence-electron chi connectivity index (χ4n) is 1.64. The van der Waals surface area contributed by atoms with Crippen molar-refractivity contribution in [3.05, 3.63) is 39.8 Å². The minimum Gasteiger partial charge on any atom is -0.337 e. The summed E-state index contributed by atoms with van der Waals surface area (Å²) < 4.78 is 7.90. The number of aryl methyl sites for hydroxylation is 1. The number of rotatable bonds is 3. The Kier molecular flexibility index (Phi) is 3.21. The van der Waals surface area contributed by atoms with Gasteiger partial charge in [0, 0.05) is 28.7 Å². The molecule has 8 heteroatoms. The van der Waals surface area contributed by atoms with Gasteiger partial charge in [-0.05, 0) is 22.0 Å². The van der Waals surface area contributed by atoms with Crippen molar-refractivity contribution in [2.45, 2.75) is 6.04 Å². The lowest BCUT2D eigenvalue weighted by Crippen LogP contribution is -2.11. The lowest BCUT2D eigenvalue weighted by atomic mass is 10.2. The van der Waals surface area contributed by atoms with Gasteiger partial charge in [0.15, 0.2) is 0 Å². The predicted octanol–water partition coefficient (Wildman–Crippen LogP) is 2.34. The van der Waals surface area contributed by atoms with Crippen molar-refractivity contribution < 1.29 is 4.52 Å². The second-order valence-corrected chi connectivity index (χ2v) is 5.84.